The molecule has 0 saturated carbocycles. The number of ether oxygens (including phenoxy) is 1. The van der Waals surface area contributed by atoms with E-state index < -0.39 is 12.1 Å². The highest BCUT2D eigenvalue weighted by atomic mass is 16.6. The van der Waals surface area contributed by atoms with Crippen LogP contribution in [0.4, 0.5) is 0 Å². The second kappa shape index (κ2) is 6.44. The quantitative estimate of drug-likeness (QED) is 0.682. The third-order valence-corrected chi connectivity index (χ3v) is 3.35. The second-order valence-corrected chi connectivity index (χ2v) is 5.23. The summed E-state index contributed by atoms with van der Waals surface area (Å²) in [4.78, 5) is 12.1. The van der Waals surface area contributed by atoms with Crippen molar-refractivity contribution in [3.8, 4) is 11.5 Å². The van der Waals surface area contributed by atoms with E-state index >= 15 is 0 Å². The molecule has 0 saturated heterocycles. The Labute approximate surface area is 133 Å². The predicted molar refractivity (Wildman–Crippen MR) is 84.7 cm³/mol. The van der Waals surface area contributed by atoms with Crippen LogP contribution in [0.1, 0.15) is 34.8 Å². The number of esters is 1. The lowest BCUT2D eigenvalue weighted by molar-refractivity contribution is 0.0280. The Kier molecular flexibility index (Phi) is 4.19. The molecule has 5 nitrogen and oxygen atoms in total. The molecule has 0 amide bonds. The van der Waals surface area contributed by atoms with Crippen LogP contribution >= 0.6 is 0 Å². The van der Waals surface area contributed by atoms with Crippen LogP contribution in [0.3, 0.4) is 0 Å². The van der Waals surface area contributed by atoms with Gasteiger partial charge in [-0.25, -0.2) is 4.79 Å². The number of aryl methyl sites for hydroxylation is 1. The van der Waals surface area contributed by atoms with Gasteiger partial charge in [-0.15, -0.1) is 10.2 Å². The van der Waals surface area contributed by atoms with Crippen molar-refractivity contribution in [3.05, 3.63) is 71.6 Å². The lowest BCUT2D eigenvalue weighted by Gasteiger charge is -2.09. The molecule has 5 heteroatoms. The van der Waals surface area contributed by atoms with Crippen LogP contribution in [0.15, 0.2) is 59.0 Å². The lowest BCUT2D eigenvalue weighted by atomic mass is 10.1. The van der Waals surface area contributed by atoms with Crippen LogP contribution in [-0.2, 0) is 4.74 Å². The van der Waals surface area contributed by atoms with Crippen molar-refractivity contribution in [2.45, 2.75) is 20.0 Å². The summed E-state index contributed by atoms with van der Waals surface area (Å²) in [5.41, 5.74) is 2.32. The van der Waals surface area contributed by atoms with E-state index in [2.05, 4.69) is 10.2 Å². The summed E-state index contributed by atoms with van der Waals surface area (Å²) in [6.45, 7) is 3.63. The van der Waals surface area contributed by atoms with Gasteiger partial charge in [0, 0.05) is 5.56 Å². The third kappa shape index (κ3) is 3.45. The van der Waals surface area contributed by atoms with Crippen molar-refractivity contribution in [2.75, 3.05) is 0 Å². The van der Waals surface area contributed by atoms with Gasteiger partial charge in [0.1, 0.15) is 0 Å². The largest absolute Gasteiger partial charge is 0.449 e. The van der Waals surface area contributed by atoms with Gasteiger partial charge in [0.2, 0.25) is 5.89 Å². The Bertz CT molecular complexity index is 812. The van der Waals surface area contributed by atoms with Crippen molar-refractivity contribution >= 4 is 5.97 Å². The van der Waals surface area contributed by atoms with Gasteiger partial charge in [-0.3, -0.25) is 0 Å². The number of hydrogen-bond donors (Lipinski definition) is 0. The van der Waals surface area contributed by atoms with Crippen molar-refractivity contribution in [1.82, 2.24) is 10.2 Å². The monoisotopic (exact) mass is 308 g/mol. The molecule has 0 fully saturated rings. The van der Waals surface area contributed by atoms with Gasteiger partial charge < -0.3 is 9.15 Å². The molecule has 1 heterocycles. The molecule has 1 aromatic heterocycles. The summed E-state index contributed by atoms with van der Waals surface area (Å²) in [6, 6.07) is 16.7. The minimum Gasteiger partial charge on any atom is -0.449 e. The molecule has 1 atom stereocenters. The summed E-state index contributed by atoms with van der Waals surface area (Å²) in [5.74, 6) is 0.254. The maximum atomic E-state index is 12.1. The number of carbonyl (C=O) groups excluding carboxylic acids is 1. The maximum absolute atomic E-state index is 12.1. The molecule has 0 N–H and O–H groups in total. The van der Waals surface area contributed by atoms with Gasteiger partial charge in [0.25, 0.3) is 5.89 Å². The summed E-state index contributed by atoms with van der Waals surface area (Å²) < 4.78 is 11.0. The molecule has 23 heavy (non-hydrogen) atoms. The first kappa shape index (κ1) is 15.0. The Morgan fingerprint density at radius 1 is 1.09 bits per heavy atom. The molecule has 0 spiro atoms. The number of carbonyl (C=O) groups is 1. The molecular weight excluding hydrogens is 292 g/mol. The third-order valence-electron chi connectivity index (χ3n) is 3.35. The van der Waals surface area contributed by atoms with Gasteiger partial charge in [-0.2, -0.15) is 0 Å². The van der Waals surface area contributed by atoms with Gasteiger partial charge in [0.05, 0.1) is 5.56 Å². The number of nitrogens with zero attached hydrogens (tertiary/aromatic N) is 2. The number of hydrogen-bond acceptors (Lipinski definition) is 5. The molecule has 0 aliphatic rings. The first-order valence-electron chi connectivity index (χ1n) is 7.30. The van der Waals surface area contributed by atoms with Gasteiger partial charge >= 0.3 is 5.97 Å². The normalized spacial score (nSPS) is 11.9. The maximum Gasteiger partial charge on any atom is 0.338 e. The van der Waals surface area contributed by atoms with Crippen LogP contribution in [0.25, 0.3) is 11.5 Å². The van der Waals surface area contributed by atoms with Gasteiger partial charge in [-0.1, -0.05) is 35.9 Å². The molecule has 3 rings (SSSR count). The summed E-state index contributed by atoms with van der Waals surface area (Å²) >= 11 is 0. The van der Waals surface area contributed by atoms with E-state index in [0.717, 1.165) is 11.1 Å². The molecule has 0 bridgehead atoms. The van der Waals surface area contributed by atoms with Gasteiger partial charge in [0.15, 0.2) is 6.10 Å². The first-order chi connectivity index (χ1) is 11.1. The molecule has 3 aromatic rings. The Balaban J connectivity index is 1.73. The zero-order valence-corrected chi connectivity index (χ0v) is 12.9. The second-order valence-electron chi connectivity index (χ2n) is 5.23. The van der Waals surface area contributed by atoms with E-state index in [4.69, 9.17) is 9.15 Å². The van der Waals surface area contributed by atoms with E-state index in [1.807, 2.05) is 49.4 Å². The van der Waals surface area contributed by atoms with E-state index in [0.29, 0.717) is 11.5 Å². The molecule has 0 aliphatic carbocycles. The molecule has 116 valence electrons. The van der Waals surface area contributed by atoms with Crippen LogP contribution in [0, 0.1) is 6.92 Å². The SMILES string of the molecule is Cc1cccc(C(=O)OC(C)c2nnc(-c3ccccc3)o2)c1. The van der Waals surface area contributed by atoms with Crippen molar-refractivity contribution in [1.29, 1.82) is 0 Å². The topological polar surface area (TPSA) is 65.2 Å². The number of benzene rings is 2. The average Bonchev–Trinajstić information content (AvgIpc) is 3.06. The molecule has 1 unspecified atom stereocenters. The van der Waals surface area contributed by atoms with E-state index in [1.54, 1.807) is 19.1 Å². The summed E-state index contributed by atoms with van der Waals surface area (Å²) in [5, 5.41) is 7.96. The first-order valence-corrected chi connectivity index (χ1v) is 7.30. The van der Waals surface area contributed by atoms with Crippen LogP contribution in [0.2, 0.25) is 0 Å². The van der Waals surface area contributed by atoms with Gasteiger partial charge in [-0.05, 0) is 38.1 Å². The van der Waals surface area contributed by atoms with E-state index in [9.17, 15) is 4.79 Å². The average molecular weight is 308 g/mol. The fourth-order valence-corrected chi connectivity index (χ4v) is 2.15. The highest BCUT2D eigenvalue weighted by Crippen LogP contribution is 2.22. The highest BCUT2D eigenvalue weighted by Gasteiger charge is 2.19. The fraction of sp³-hybridized carbons (Fsp3) is 0.167. The Morgan fingerprint density at radius 3 is 2.61 bits per heavy atom. The highest BCUT2D eigenvalue weighted by molar-refractivity contribution is 5.89. The molecule has 0 radical (unpaired) electrons. The smallest absolute Gasteiger partial charge is 0.338 e. The lowest BCUT2D eigenvalue weighted by Crippen LogP contribution is -2.09. The van der Waals surface area contributed by atoms with E-state index in [1.165, 1.54) is 0 Å². The molecular formula is C18H16N2O3. The zero-order valence-electron chi connectivity index (χ0n) is 12.9. The number of aromatic nitrogens is 2. The zero-order chi connectivity index (χ0) is 16.2. The fourth-order valence-electron chi connectivity index (χ4n) is 2.15. The van der Waals surface area contributed by atoms with Crippen LogP contribution < -0.4 is 0 Å². The predicted octanol–water partition coefficient (Wildman–Crippen LogP) is 3.96. The van der Waals surface area contributed by atoms with Crippen molar-refractivity contribution in [3.63, 3.8) is 0 Å². The van der Waals surface area contributed by atoms with Crippen molar-refractivity contribution < 1.29 is 13.9 Å². The summed E-state index contributed by atoms with van der Waals surface area (Å²) in [6.07, 6.45) is -0.618. The molecule has 0 aliphatic heterocycles. The van der Waals surface area contributed by atoms with Crippen molar-refractivity contribution in [2.24, 2.45) is 0 Å². The van der Waals surface area contributed by atoms with E-state index in [-0.39, 0.29) is 5.89 Å². The molecule has 2 aromatic carbocycles. The minimum atomic E-state index is -0.618. The standard InChI is InChI=1S/C18H16N2O3/c1-12-7-6-10-15(11-12)18(21)22-13(2)16-19-20-17(23-16)14-8-4-3-5-9-14/h3-11,13H,1-2H3. The van der Waals surface area contributed by atoms with Crippen LogP contribution in [-0.4, -0.2) is 16.2 Å². The Morgan fingerprint density at radius 2 is 1.87 bits per heavy atom. The Hall–Kier alpha value is -2.95. The minimum absolute atomic E-state index is 0.268. The summed E-state index contributed by atoms with van der Waals surface area (Å²) in [7, 11) is 0. The van der Waals surface area contributed by atoms with Crippen LogP contribution in [0.5, 0.6) is 0 Å². The number of rotatable bonds is 4.